The highest BCUT2D eigenvalue weighted by atomic mass is 16.5. The van der Waals surface area contributed by atoms with Crippen LogP contribution in [0.3, 0.4) is 0 Å². The van der Waals surface area contributed by atoms with E-state index < -0.39 is 0 Å². The van der Waals surface area contributed by atoms with E-state index in [1.165, 1.54) is 38.7 Å². The Labute approximate surface area is 238 Å². The summed E-state index contributed by atoms with van der Waals surface area (Å²) in [6.45, 7) is 9.19. The average molecular weight is 536 g/mol. The molecule has 1 atom stereocenters. The van der Waals surface area contributed by atoms with Crippen LogP contribution in [0.15, 0.2) is 84.9 Å². The summed E-state index contributed by atoms with van der Waals surface area (Å²) in [4.78, 5) is 2.49. The highest BCUT2D eigenvalue weighted by Gasteiger charge is 2.39. The molecule has 4 aromatic rings. The Bertz CT molecular complexity index is 1440. The number of benzene rings is 4. The number of nitrogens with zero attached hydrogens (tertiary/aromatic N) is 1. The zero-order valence-electron chi connectivity index (χ0n) is 24.0. The van der Waals surface area contributed by atoms with Crippen LogP contribution in [-0.2, 0) is 4.74 Å². The van der Waals surface area contributed by atoms with E-state index in [4.69, 9.17) is 9.47 Å². The maximum Gasteiger partial charge on any atom is 0.120 e. The molecule has 1 spiro atoms. The number of rotatable bonds is 5. The van der Waals surface area contributed by atoms with Gasteiger partial charge in [-0.25, -0.2) is 0 Å². The van der Waals surface area contributed by atoms with Gasteiger partial charge in [0, 0.05) is 31.3 Å². The van der Waals surface area contributed by atoms with E-state index >= 15 is 0 Å². The molecule has 6 rings (SSSR count). The van der Waals surface area contributed by atoms with Crippen LogP contribution in [0.4, 0.5) is 5.69 Å². The van der Waals surface area contributed by atoms with Crippen LogP contribution >= 0.6 is 0 Å². The monoisotopic (exact) mass is 535 g/mol. The summed E-state index contributed by atoms with van der Waals surface area (Å²) in [5.74, 6) is 1.20. The summed E-state index contributed by atoms with van der Waals surface area (Å²) in [7, 11) is 0. The Morgan fingerprint density at radius 3 is 2.27 bits per heavy atom. The second-order valence-electron chi connectivity index (χ2n) is 12.6. The molecule has 2 saturated heterocycles. The van der Waals surface area contributed by atoms with Crippen LogP contribution in [0, 0.1) is 5.92 Å². The smallest absolute Gasteiger partial charge is 0.120 e. The molecule has 1 N–H and O–H groups in total. The maximum absolute atomic E-state index is 9.47. The van der Waals surface area contributed by atoms with Crippen molar-refractivity contribution in [3.8, 4) is 28.0 Å². The molecule has 40 heavy (non-hydrogen) atoms. The van der Waals surface area contributed by atoms with Crippen molar-refractivity contribution >= 4 is 16.5 Å². The quantitative estimate of drug-likeness (QED) is 0.280. The van der Waals surface area contributed by atoms with Gasteiger partial charge in [0.2, 0.25) is 0 Å². The van der Waals surface area contributed by atoms with Gasteiger partial charge in [-0.2, -0.15) is 0 Å². The van der Waals surface area contributed by atoms with Crippen LogP contribution < -0.4 is 9.64 Å². The van der Waals surface area contributed by atoms with Gasteiger partial charge in [-0.1, -0.05) is 60.7 Å². The Hall–Kier alpha value is -3.34. The third-order valence-electron chi connectivity index (χ3n) is 8.59. The standard InChI is InChI=1S/C36H41NO3/c1-35(2,3)40-31-14-16-33-29(23-31)11-15-32(27-7-5-4-6-8-27)34(33)28-9-12-30(13-10-28)37-21-19-36(20-22-37)18-17-26(24-38)25-39-36/h4-16,23,26,38H,17-22,24-25H2,1-3H3/t26-/m0/s1. The summed E-state index contributed by atoms with van der Waals surface area (Å²) in [5.41, 5.74) is 5.96. The number of hydrogen-bond donors (Lipinski definition) is 1. The molecule has 4 aromatic carbocycles. The van der Waals surface area contributed by atoms with Gasteiger partial charge in [-0.3, -0.25) is 0 Å². The number of anilines is 1. The lowest BCUT2D eigenvalue weighted by molar-refractivity contribution is -0.119. The Kier molecular flexibility index (Phi) is 7.33. The van der Waals surface area contributed by atoms with Gasteiger partial charge in [-0.05, 0) is 104 Å². The zero-order valence-corrected chi connectivity index (χ0v) is 24.0. The molecule has 0 aliphatic carbocycles. The molecule has 0 amide bonds. The van der Waals surface area contributed by atoms with Crippen molar-refractivity contribution in [3.63, 3.8) is 0 Å². The first-order valence-corrected chi connectivity index (χ1v) is 14.7. The van der Waals surface area contributed by atoms with Crippen molar-refractivity contribution in [3.05, 3.63) is 84.9 Å². The van der Waals surface area contributed by atoms with Gasteiger partial charge in [0.25, 0.3) is 0 Å². The van der Waals surface area contributed by atoms with Crippen molar-refractivity contribution in [1.29, 1.82) is 0 Å². The number of hydrogen-bond acceptors (Lipinski definition) is 4. The molecular weight excluding hydrogens is 494 g/mol. The lowest BCUT2D eigenvalue weighted by Crippen LogP contribution is -2.49. The predicted octanol–water partition coefficient (Wildman–Crippen LogP) is 8.11. The summed E-state index contributed by atoms with van der Waals surface area (Å²) >= 11 is 0. The first-order chi connectivity index (χ1) is 19.3. The SMILES string of the molecule is CC(C)(C)Oc1ccc2c(-c3ccc(N4CCC5(CC[C@@H](CO)CO5)CC4)cc3)c(-c3ccccc3)ccc2c1. The molecule has 2 heterocycles. The first-order valence-electron chi connectivity index (χ1n) is 14.7. The van der Waals surface area contributed by atoms with Crippen molar-refractivity contribution in [2.75, 3.05) is 31.2 Å². The third kappa shape index (κ3) is 5.61. The van der Waals surface area contributed by atoms with E-state index in [0.29, 0.717) is 12.5 Å². The molecule has 4 heteroatoms. The topological polar surface area (TPSA) is 41.9 Å². The fraction of sp³-hybridized carbons (Fsp3) is 0.389. The van der Waals surface area contributed by atoms with Crippen LogP contribution in [0.2, 0.25) is 0 Å². The molecule has 4 nitrogen and oxygen atoms in total. The van der Waals surface area contributed by atoms with Crippen molar-refractivity contribution in [1.82, 2.24) is 0 Å². The van der Waals surface area contributed by atoms with Crippen LogP contribution in [-0.4, -0.2) is 42.6 Å². The van der Waals surface area contributed by atoms with E-state index in [-0.39, 0.29) is 17.8 Å². The molecule has 208 valence electrons. The minimum Gasteiger partial charge on any atom is -0.488 e. The van der Waals surface area contributed by atoms with Crippen molar-refractivity contribution < 1.29 is 14.6 Å². The molecule has 0 radical (unpaired) electrons. The molecule has 2 aliphatic rings. The largest absolute Gasteiger partial charge is 0.488 e. The number of piperidine rings is 1. The van der Waals surface area contributed by atoms with Crippen LogP contribution in [0.1, 0.15) is 46.5 Å². The van der Waals surface area contributed by atoms with Gasteiger partial charge < -0.3 is 19.5 Å². The van der Waals surface area contributed by atoms with Crippen LogP contribution in [0.5, 0.6) is 5.75 Å². The summed E-state index contributed by atoms with van der Waals surface area (Å²) < 4.78 is 12.5. The van der Waals surface area contributed by atoms with E-state index in [1.54, 1.807) is 0 Å². The second-order valence-corrected chi connectivity index (χ2v) is 12.6. The fourth-order valence-electron chi connectivity index (χ4n) is 6.36. The number of aliphatic hydroxyl groups is 1. The molecule has 2 fully saturated rings. The van der Waals surface area contributed by atoms with E-state index in [0.717, 1.165) is 44.5 Å². The minimum atomic E-state index is -0.241. The normalized spacial score (nSPS) is 19.2. The van der Waals surface area contributed by atoms with Gasteiger partial charge in [-0.15, -0.1) is 0 Å². The van der Waals surface area contributed by atoms with Gasteiger partial charge in [0.1, 0.15) is 11.4 Å². The summed E-state index contributed by atoms with van der Waals surface area (Å²) in [5, 5.41) is 11.9. The Morgan fingerprint density at radius 1 is 0.875 bits per heavy atom. The highest BCUT2D eigenvalue weighted by molar-refractivity contribution is 6.04. The third-order valence-corrected chi connectivity index (χ3v) is 8.59. The number of fused-ring (bicyclic) bond motifs is 1. The highest BCUT2D eigenvalue weighted by Crippen LogP contribution is 2.41. The minimum absolute atomic E-state index is 0.00517. The van der Waals surface area contributed by atoms with E-state index in [9.17, 15) is 5.11 Å². The number of aliphatic hydroxyl groups excluding tert-OH is 1. The maximum atomic E-state index is 9.47. The average Bonchev–Trinajstić information content (AvgIpc) is 2.97. The summed E-state index contributed by atoms with van der Waals surface area (Å²) in [6, 6.07) is 30.7. The summed E-state index contributed by atoms with van der Waals surface area (Å²) in [6.07, 6.45) is 4.24. The fourth-order valence-corrected chi connectivity index (χ4v) is 6.36. The van der Waals surface area contributed by atoms with Gasteiger partial charge in [0.05, 0.1) is 12.2 Å². The van der Waals surface area contributed by atoms with E-state index in [2.05, 4.69) is 111 Å². The predicted molar refractivity (Wildman–Crippen MR) is 165 cm³/mol. The Balaban J connectivity index is 1.29. The van der Waals surface area contributed by atoms with Crippen LogP contribution in [0.25, 0.3) is 33.0 Å². The molecule has 0 unspecified atom stereocenters. The molecule has 0 aromatic heterocycles. The molecule has 0 saturated carbocycles. The lowest BCUT2D eigenvalue weighted by Gasteiger charge is -2.46. The second kappa shape index (κ2) is 10.9. The Morgan fingerprint density at radius 2 is 1.62 bits per heavy atom. The zero-order chi connectivity index (χ0) is 27.7. The van der Waals surface area contributed by atoms with Crippen molar-refractivity contribution in [2.24, 2.45) is 5.92 Å². The molecular formula is C36H41NO3. The lowest BCUT2D eigenvalue weighted by atomic mass is 9.82. The first kappa shape index (κ1) is 26.9. The van der Waals surface area contributed by atoms with Gasteiger partial charge >= 0.3 is 0 Å². The van der Waals surface area contributed by atoms with Gasteiger partial charge in [0.15, 0.2) is 0 Å². The molecule has 0 bridgehead atoms. The molecule has 2 aliphatic heterocycles. The van der Waals surface area contributed by atoms with E-state index in [1.807, 2.05) is 0 Å². The van der Waals surface area contributed by atoms with Crippen molar-refractivity contribution in [2.45, 2.75) is 57.7 Å². The number of ether oxygens (including phenoxy) is 2.